The Morgan fingerprint density at radius 3 is 2.42 bits per heavy atom. The summed E-state index contributed by atoms with van der Waals surface area (Å²) in [6, 6.07) is 8.69. The number of likely N-dealkylation sites (tertiary alicyclic amines) is 2. The summed E-state index contributed by atoms with van der Waals surface area (Å²) in [5.41, 5.74) is 5.53. The number of alkyl halides is 1. The smallest absolute Gasteiger partial charge is 0.257 e. The number of benzene rings is 2. The number of piperidine rings is 1. The number of nitrogens with two attached hydrogens (primary N) is 1. The maximum Gasteiger partial charge on any atom is 0.257 e. The number of rotatable bonds is 8. The largest absolute Gasteiger partial charge is 0.504 e. The van der Waals surface area contributed by atoms with Crippen molar-refractivity contribution < 1.29 is 23.1 Å². The number of primary amides is 1. The summed E-state index contributed by atoms with van der Waals surface area (Å²) in [6.45, 7) is 13.7. The Balaban J connectivity index is 1.40. The van der Waals surface area contributed by atoms with E-state index in [9.17, 15) is 14.0 Å². The van der Waals surface area contributed by atoms with E-state index in [4.69, 9.17) is 17.0 Å². The van der Waals surface area contributed by atoms with Gasteiger partial charge in [0.15, 0.2) is 0 Å². The monoisotopic (exact) mass is 524 g/mol. The first-order chi connectivity index (χ1) is 18.1. The Kier molecular flexibility index (Phi) is 8.32. The van der Waals surface area contributed by atoms with E-state index in [1.165, 1.54) is 17.0 Å². The minimum absolute atomic E-state index is 0.117. The van der Waals surface area contributed by atoms with Crippen molar-refractivity contribution in [1.29, 1.82) is 0 Å². The summed E-state index contributed by atoms with van der Waals surface area (Å²) in [5.74, 6) is -1.05. The van der Waals surface area contributed by atoms with E-state index in [2.05, 4.69) is 9.74 Å². The molecule has 0 aromatic heterocycles. The highest BCUT2D eigenvalue weighted by Gasteiger charge is 2.34. The van der Waals surface area contributed by atoms with E-state index >= 15 is 4.39 Å². The van der Waals surface area contributed by atoms with Gasteiger partial charge in [0.25, 0.3) is 5.91 Å². The summed E-state index contributed by atoms with van der Waals surface area (Å²) >= 11 is 0. The third-order valence-corrected chi connectivity index (χ3v) is 7.24. The molecule has 2 N–H and O–H groups in total. The van der Waals surface area contributed by atoms with Crippen molar-refractivity contribution in [2.24, 2.45) is 11.7 Å². The Bertz CT molecular complexity index is 1230. The van der Waals surface area contributed by atoms with Gasteiger partial charge in [0, 0.05) is 13.1 Å². The normalized spacial score (nSPS) is 18.8. The van der Waals surface area contributed by atoms with Crippen LogP contribution in [-0.2, 0) is 4.79 Å². The van der Waals surface area contributed by atoms with Gasteiger partial charge in [0.05, 0.1) is 18.7 Å². The molecule has 2 aromatic rings. The molecule has 2 saturated heterocycles. The van der Waals surface area contributed by atoms with Crippen LogP contribution in [0.2, 0.25) is 0 Å². The first-order valence-corrected chi connectivity index (χ1v) is 13.0. The molecule has 7 nitrogen and oxygen atoms in total. The minimum atomic E-state index is -1.21. The Hall–Kier alpha value is -3.51. The van der Waals surface area contributed by atoms with E-state index in [1.807, 2.05) is 0 Å². The van der Waals surface area contributed by atoms with Crippen molar-refractivity contribution in [3.8, 4) is 16.9 Å². The first-order valence-electron chi connectivity index (χ1n) is 13.0. The lowest BCUT2D eigenvalue weighted by Crippen LogP contribution is -2.43. The molecule has 38 heavy (non-hydrogen) atoms. The molecule has 2 aliphatic rings. The first kappa shape index (κ1) is 27.5. The Labute approximate surface area is 222 Å². The standard InChI is InChI=1S/C29H34F2N4O3/c1-29(2,31)18-34-13-10-19(11-14-34)17-38-26-9-7-21(16-24(26)33-3)20-6-8-22(23(30)15-20)28(37)35-12-4-5-25(35)27(32)36/h6-9,15-16,19,25H,4-5,10-14,17-18H2,1-2H3,(H2,32,36)/t25-/m0/s1. The van der Waals surface area contributed by atoms with Gasteiger partial charge in [-0.1, -0.05) is 12.1 Å². The average molecular weight is 525 g/mol. The molecule has 0 unspecified atom stereocenters. The van der Waals surface area contributed by atoms with Crippen molar-refractivity contribution in [2.75, 3.05) is 32.8 Å². The van der Waals surface area contributed by atoms with Crippen LogP contribution in [0.15, 0.2) is 36.4 Å². The zero-order valence-corrected chi connectivity index (χ0v) is 21.9. The van der Waals surface area contributed by atoms with Crippen molar-refractivity contribution in [1.82, 2.24) is 9.80 Å². The molecule has 9 heteroatoms. The van der Waals surface area contributed by atoms with Crippen LogP contribution in [0.3, 0.4) is 0 Å². The highest BCUT2D eigenvalue weighted by Crippen LogP contribution is 2.35. The van der Waals surface area contributed by atoms with Crippen LogP contribution in [0.5, 0.6) is 5.75 Å². The number of nitrogens with zero attached hydrogens (tertiary/aromatic N) is 3. The molecular weight excluding hydrogens is 490 g/mol. The fourth-order valence-electron chi connectivity index (χ4n) is 5.29. The van der Waals surface area contributed by atoms with Crippen LogP contribution in [0, 0.1) is 18.3 Å². The van der Waals surface area contributed by atoms with Gasteiger partial charge in [0.2, 0.25) is 11.6 Å². The highest BCUT2D eigenvalue weighted by molar-refractivity contribution is 5.98. The van der Waals surface area contributed by atoms with Gasteiger partial charge in [-0.2, -0.15) is 0 Å². The molecular formula is C29H34F2N4O3. The summed E-state index contributed by atoms with van der Waals surface area (Å²) in [7, 11) is 0. The summed E-state index contributed by atoms with van der Waals surface area (Å²) in [5, 5.41) is 0. The van der Waals surface area contributed by atoms with Gasteiger partial charge in [-0.15, -0.1) is 0 Å². The number of hydrogen-bond acceptors (Lipinski definition) is 4. The molecule has 0 spiro atoms. The molecule has 1 atom stereocenters. The van der Waals surface area contributed by atoms with Crippen molar-refractivity contribution in [2.45, 2.75) is 51.2 Å². The molecule has 0 radical (unpaired) electrons. The average Bonchev–Trinajstić information content (AvgIpc) is 3.37. The second kappa shape index (κ2) is 11.5. The molecule has 0 bridgehead atoms. The quantitative estimate of drug-likeness (QED) is 0.495. The predicted molar refractivity (Wildman–Crippen MR) is 141 cm³/mol. The topological polar surface area (TPSA) is 80.2 Å². The van der Waals surface area contributed by atoms with Gasteiger partial charge in [0.1, 0.15) is 23.3 Å². The fourth-order valence-corrected chi connectivity index (χ4v) is 5.29. The third-order valence-electron chi connectivity index (χ3n) is 7.24. The molecule has 2 aliphatic heterocycles. The van der Waals surface area contributed by atoms with Crippen molar-refractivity contribution >= 4 is 17.5 Å². The lowest BCUT2D eigenvalue weighted by atomic mass is 9.96. The maximum absolute atomic E-state index is 15.0. The van der Waals surface area contributed by atoms with Crippen LogP contribution in [0.25, 0.3) is 16.0 Å². The zero-order valence-electron chi connectivity index (χ0n) is 21.9. The van der Waals surface area contributed by atoms with Gasteiger partial charge in [-0.25, -0.2) is 13.6 Å². The molecule has 2 amide bonds. The zero-order chi connectivity index (χ0) is 27.4. The number of ether oxygens (including phenoxy) is 1. The SMILES string of the molecule is [C-]#[N+]c1cc(-c2ccc(C(=O)N3CCC[C@H]3C(N)=O)c(F)c2)ccc1OCC1CCN(CC(C)(C)F)CC1. The lowest BCUT2D eigenvalue weighted by molar-refractivity contribution is -0.121. The Morgan fingerprint density at radius 1 is 1.11 bits per heavy atom. The summed E-state index contributed by atoms with van der Waals surface area (Å²) < 4.78 is 34.9. The molecule has 0 aliphatic carbocycles. The van der Waals surface area contributed by atoms with Crippen LogP contribution >= 0.6 is 0 Å². The highest BCUT2D eigenvalue weighted by atomic mass is 19.1. The van der Waals surface area contributed by atoms with E-state index in [-0.39, 0.29) is 5.56 Å². The number of hydrogen-bond donors (Lipinski definition) is 1. The number of carbonyl (C=O) groups excluding carboxylic acids is 2. The molecule has 202 valence electrons. The number of halogens is 2. The number of amides is 2. The van der Waals surface area contributed by atoms with Gasteiger partial charge >= 0.3 is 0 Å². The molecule has 4 rings (SSSR count). The van der Waals surface area contributed by atoms with Gasteiger partial charge in [-0.05, 0) is 93.9 Å². The van der Waals surface area contributed by atoms with Gasteiger partial charge < -0.3 is 20.3 Å². The van der Waals surface area contributed by atoms with E-state index in [1.54, 1.807) is 38.1 Å². The van der Waals surface area contributed by atoms with Gasteiger partial charge in [-0.3, -0.25) is 9.59 Å². The summed E-state index contributed by atoms with van der Waals surface area (Å²) in [4.78, 5) is 31.6. The number of carbonyl (C=O) groups is 2. The van der Waals surface area contributed by atoms with Crippen LogP contribution in [-0.4, -0.2) is 66.1 Å². The van der Waals surface area contributed by atoms with Crippen LogP contribution in [0.4, 0.5) is 14.5 Å². The lowest BCUT2D eigenvalue weighted by Gasteiger charge is -2.34. The fraction of sp³-hybridized carbons (Fsp3) is 0.483. The minimum Gasteiger partial charge on any atom is -0.504 e. The second-order valence-corrected chi connectivity index (χ2v) is 10.8. The van der Waals surface area contributed by atoms with Crippen molar-refractivity contribution in [3.05, 3.63) is 59.2 Å². The molecule has 2 heterocycles. The molecule has 0 saturated carbocycles. The third kappa shape index (κ3) is 6.48. The molecule has 2 aromatic carbocycles. The van der Waals surface area contributed by atoms with Crippen LogP contribution < -0.4 is 10.5 Å². The van der Waals surface area contributed by atoms with E-state index in [0.29, 0.717) is 61.0 Å². The summed E-state index contributed by atoms with van der Waals surface area (Å²) in [6.07, 6.45) is 2.93. The maximum atomic E-state index is 15.0. The van der Waals surface area contributed by atoms with Crippen LogP contribution in [0.1, 0.15) is 49.9 Å². The second-order valence-electron chi connectivity index (χ2n) is 10.8. The van der Waals surface area contributed by atoms with E-state index in [0.717, 1.165) is 25.9 Å². The molecule has 2 fully saturated rings. The van der Waals surface area contributed by atoms with Crippen molar-refractivity contribution in [3.63, 3.8) is 0 Å². The van der Waals surface area contributed by atoms with E-state index < -0.39 is 29.3 Å². The Morgan fingerprint density at radius 2 is 1.79 bits per heavy atom. The predicted octanol–water partition coefficient (Wildman–Crippen LogP) is 4.97.